The van der Waals surface area contributed by atoms with Gasteiger partial charge in [0.05, 0.1) is 23.0 Å². The highest BCUT2D eigenvalue weighted by Crippen LogP contribution is 2.18. The normalized spacial score (nSPS) is 18.2. The van der Waals surface area contributed by atoms with Crippen molar-refractivity contribution in [2.24, 2.45) is 0 Å². The number of rotatable bonds is 2. The molecule has 21 heavy (non-hydrogen) atoms. The number of nitrogens with zero attached hydrogens (tertiary/aromatic N) is 3. The third-order valence-corrected chi connectivity index (χ3v) is 3.92. The van der Waals surface area contributed by atoms with Crippen LogP contribution in [0.15, 0.2) is 30.5 Å². The van der Waals surface area contributed by atoms with Crippen LogP contribution in [0.4, 0.5) is 0 Å². The molecule has 1 aliphatic heterocycles. The molecule has 1 aromatic carbocycles. The molecule has 6 heteroatoms. The minimum Gasteiger partial charge on any atom is -0.391 e. The number of halogens is 1. The first-order valence-corrected chi connectivity index (χ1v) is 7.22. The average Bonchev–Trinajstić information content (AvgIpc) is 3.05. The molecular weight excluding hydrogens is 290 g/mol. The van der Waals surface area contributed by atoms with E-state index in [2.05, 4.69) is 5.10 Å². The van der Waals surface area contributed by atoms with Gasteiger partial charge in [-0.15, -0.1) is 0 Å². The number of aliphatic hydroxyl groups excluding tert-OH is 1. The number of carbonyl (C=O) groups excluding carboxylic acids is 1. The molecule has 110 valence electrons. The number of aliphatic hydroxyl groups is 1. The van der Waals surface area contributed by atoms with E-state index in [0.29, 0.717) is 35.8 Å². The number of hydrogen-bond acceptors (Lipinski definition) is 3. The van der Waals surface area contributed by atoms with Gasteiger partial charge in [0.15, 0.2) is 0 Å². The zero-order valence-corrected chi connectivity index (χ0v) is 12.4. The van der Waals surface area contributed by atoms with Crippen LogP contribution in [-0.4, -0.2) is 44.9 Å². The van der Waals surface area contributed by atoms with Crippen molar-refractivity contribution in [2.45, 2.75) is 19.4 Å². The molecule has 1 N–H and O–H groups in total. The number of likely N-dealkylation sites (tertiary alicyclic amines) is 1. The predicted octanol–water partition coefficient (Wildman–Crippen LogP) is 2.04. The fraction of sp³-hybridized carbons (Fsp3) is 0.333. The van der Waals surface area contributed by atoms with E-state index in [1.807, 2.05) is 19.1 Å². The van der Waals surface area contributed by atoms with Crippen LogP contribution in [0.25, 0.3) is 5.69 Å². The van der Waals surface area contributed by atoms with Crippen LogP contribution >= 0.6 is 11.6 Å². The number of hydrogen-bond donors (Lipinski definition) is 1. The molecular formula is C15H16ClN3O2. The fourth-order valence-corrected chi connectivity index (χ4v) is 2.62. The maximum Gasteiger partial charge on any atom is 0.257 e. The first-order chi connectivity index (χ1) is 10.0. The SMILES string of the molecule is Cc1nn(-c2ccc(Cl)cc2)cc1C(=O)N1CC[C@@H](O)C1. The lowest BCUT2D eigenvalue weighted by Crippen LogP contribution is -2.29. The number of carbonyl (C=O) groups is 1. The van der Waals surface area contributed by atoms with E-state index >= 15 is 0 Å². The van der Waals surface area contributed by atoms with Crippen LogP contribution in [0.3, 0.4) is 0 Å². The van der Waals surface area contributed by atoms with Gasteiger partial charge in [-0.2, -0.15) is 5.10 Å². The van der Waals surface area contributed by atoms with E-state index in [4.69, 9.17) is 11.6 Å². The minimum atomic E-state index is -0.416. The van der Waals surface area contributed by atoms with Gasteiger partial charge in [0.1, 0.15) is 0 Å². The Morgan fingerprint density at radius 2 is 2.10 bits per heavy atom. The van der Waals surface area contributed by atoms with Crippen molar-refractivity contribution in [1.82, 2.24) is 14.7 Å². The predicted molar refractivity (Wildman–Crippen MR) is 79.8 cm³/mol. The molecule has 0 radical (unpaired) electrons. The van der Waals surface area contributed by atoms with Gasteiger partial charge in [0.25, 0.3) is 5.91 Å². The van der Waals surface area contributed by atoms with Gasteiger partial charge in [-0.3, -0.25) is 4.79 Å². The second kappa shape index (κ2) is 5.50. The van der Waals surface area contributed by atoms with Gasteiger partial charge in [-0.05, 0) is 37.6 Å². The van der Waals surface area contributed by atoms with Gasteiger partial charge in [-0.1, -0.05) is 11.6 Å². The highest BCUT2D eigenvalue weighted by molar-refractivity contribution is 6.30. The molecule has 0 unspecified atom stereocenters. The maximum absolute atomic E-state index is 12.5. The van der Waals surface area contributed by atoms with Crippen molar-refractivity contribution >= 4 is 17.5 Å². The molecule has 1 aromatic heterocycles. The molecule has 2 heterocycles. The molecule has 1 aliphatic rings. The largest absolute Gasteiger partial charge is 0.391 e. The summed E-state index contributed by atoms with van der Waals surface area (Å²) < 4.78 is 1.67. The van der Waals surface area contributed by atoms with Crippen LogP contribution in [0, 0.1) is 6.92 Å². The van der Waals surface area contributed by atoms with Crippen molar-refractivity contribution in [3.05, 3.63) is 46.7 Å². The van der Waals surface area contributed by atoms with Gasteiger partial charge in [0.2, 0.25) is 0 Å². The Labute approximate surface area is 127 Å². The van der Waals surface area contributed by atoms with Gasteiger partial charge in [0, 0.05) is 24.3 Å². The van der Waals surface area contributed by atoms with Crippen molar-refractivity contribution in [3.8, 4) is 5.69 Å². The van der Waals surface area contributed by atoms with Gasteiger partial charge >= 0.3 is 0 Å². The first-order valence-electron chi connectivity index (χ1n) is 6.84. The maximum atomic E-state index is 12.5. The topological polar surface area (TPSA) is 58.4 Å². The molecule has 3 rings (SSSR count). The molecule has 2 aromatic rings. The van der Waals surface area contributed by atoms with E-state index in [1.165, 1.54) is 0 Å². The highest BCUT2D eigenvalue weighted by Gasteiger charge is 2.27. The third kappa shape index (κ3) is 2.80. The fourth-order valence-electron chi connectivity index (χ4n) is 2.49. The number of amides is 1. The summed E-state index contributed by atoms with van der Waals surface area (Å²) in [6, 6.07) is 7.27. The average molecular weight is 306 g/mol. The standard InChI is InChI=1S/C15H16ClN3O2/c1-10-14(15(21)18-7-6-13(20)8-18)9-19(17-10)12-4-2-11(16)3-5-12/h2-5,9,13,20H,6-8H2,1H3/t13-/m1/s1. The first kappa shape index (κ1) is 14.1. The monoisotopic (exact) mass is 305 g/mol. The summed E-state index contributed by atoms with van der Waals surface area (Å²) in [5, 5.41) is 14.6. The Morgan fingerprint density at radius 3 is 2.71 bits per heavy atom. The molecule has 0 spiro atoms. The van der Waals surface area contributed by atoms with E-state index in [0.717, 1.165) is 5.69 Å². The number of β-amino-alcohol motifs (C(OH)–C–C–N with tert-alkyl or cyclic N) is 1. The Morgan fingerprint density at radius 1 is 1.38 bits per heavy atom. The summed E-state index contributed by atoms with van der Waals surface area (Å²) in [6.07, 6.45) is 1.95. The van der Waals surface area contributed by atoms with Crippen LogP contribution < -0.4 is 0 Å². The summed E-state index contributed by atoms with van der Waals surface area (Å²) in [6.45, 7) is 2.79. The summed E-state index contributed by atoms with van der Waals surface area (Å²) in [7, 11) is 0. The van der Waals surface area contributed by atoms with E-state index in [1.54, 1.807) is 27.9 Å². The lowest BCUT2D eigenvalue weighted by molar-refractivity contribution is 0.0764. The van der Waals surface area contributed by atoms with Crippen LogP contribution in [0.5, 0.6) is 0 Å². The lowest BCUT2D eigenvalue weighted by Gasteiger charge is -2.14. The smallest absolute Gasteiger partial charge is 0.257 e. The van der Waals surface area contributed by atoms with E-state index < -0.39 is 6.10 Å². The van der Waals surface area contributed by atoms with Gasteiger partial charge < -0.3 is 10.0 Å². The summed E-state index contributed by atoms with van der Waals surface area (Å²) in [4.78, 5) is 14.1. The Bertz CT molecular complexity index is 666. The molecule has 0 bridgehead atoms. The molecule has 5 nitrogen and oxygen atoms in total. The Balaban J connectivity index is 1.87. The number of benzene rings is 1. The molecule has 1 atom stereocenters. The van der Waals surface area contributed by atoms with Crippen LogP contribution in [-0.2, 0) is 0 Å². The minimum absolute atomic E-state index is 0.0794. The van der Waals surface area contributed by atoms with Crippen LogP contribution in [0.1, 0.15) is 22.5 Å². The molecule has 1 amide bonds. The highest BCUT2D eigenvalue weighted by atomic mass is 35.5. The van der Waals surface area contributed by atoms with Crippen LogP contribution in [0.2, 0.25) is 5.02 Å². The van der Waals surface area contributed by atoms with E-state index in [9.17, 15) is 9.90 Å². The molecule has 0 aliphatic carbocycles. The van der Waals surface area contributed by atoms with Crippen molar-refractivity contribution in [2.75, 3.05) is 13.1 Å². The zero-order chi connectivity index (χ0) is 15.0. The summed E-state index contributed by atoms with van der Waals surface area (Å²) in [5.41, 5.74) is 2.10. The second-order valence-corrected chi connectivity index (χ2v) is 5.68. The van der Waals surface area contributed by atoms with Crippen molar-refractivity contribution < 1.29 is 9.90 Å². The second-order valence-electron chi connectivity index (χ2n) is 5.24. The molecule has 1 saturated heterocycles. The Kier molecular flexibility index (Phi) is 3.69. The Hall–Kier alpha value is -1.85. The lowest BCUT2D eigenvalue weighted by atomic mass is 10.2. The summed E-state index contributed by atoms with van der Waals surface area (Å²) >= 11 is 5.87. The zero-order valence-electron chi connectivity index (χ0n) is 11.7. The number of aryl methyl sites for hydroxylation is 1. The molecule has 1 fully saturated rings. The third-order valence-electron chi connectivity index (χ3n) is 3.67. The van der Waals surface area contributed by atoms with Crippen molar-refractivity contribution in [1.29, 1.82) is 0 Å². The molecule has 0 saturated carbocycles. The van der Waals surface area contributed by atoms with Gasteiger partial charge in [-0.25, -0.2) is 4.68 Å². The van der Waals surface area contributed by atoms with E-state index in [-0.39, 0.29) is 5.91 Å². The van der Waals surface area contributed by atoms with Crippen molar-refractivity contribution in [3.63, 3.8) is 0 Å². The number of aromatic nitrogens is 2. The quantitative estimate of drug-likeness (QED) is 0.923. The summed E-state index contributed by atoms with van der Waals surface area (Å²) in [5.74, 6) is -0.0794.